The second-order valence-corrected chi connectivity index (χ2v) is 5.72. The molecule has 1 saturated carbocycles. The van der Waals surface area contributed by atoms with Crippen LogP contribution in [0.4, 0.5) is 0 Å². The van der Waals surface area contributed by atoms with Gasteiger partial charge in [0.15, 0.2) is 0 Å². The van der Waals surface area contributed by atoms with Crippen molar-refractivity contribution in [3.05, 3.63) is 21.3 Å². The molecule has 1 aliphatic rings. The third-order valence-corrected chi connectivity index (χ3v) is 3.97. The standard InChI is InChI=1S/C11H13ClOS/c12-11-5-4-10(14-11)7-9(13)6-8-2-1-3-8/h4-5,8H,1-3,6-7H2. The third kappa shape index (κ3) is 2.58. The van der Waals surface area contributed by atoms with E-state index >= 15 is 0 Å². The average Bonchev–Trinajstić information content (AvgIpc) is 2.44. The van der Waals surface area contributed by atoms with Crippen LogP contribution in [0, 0.1) is 5.92 Å². The van der Waals surface area contributed by atoms with Gasteiger partial charge in [-0.3, -0.25) is 4.79 Å². The Morgan fingerprint density at radius 2 is 2.29 bits per heavy atom. The van der Waals surface area contributed by atoms with E-state index in [0.29, 0.717) is 18.1 Å². The molecule has 1 heterocycles. The second kappa shape index (κ2) is 4.45. The topological polar surface area (TPSA) is 17.1 Å². The van der Waals surface area contributed by atoms with E-state index in [9.17, 15) is 4.79 Å². The molecule has 0 aromatic carbocycles. The van der Waals surface area contributed by atoms with Gasteiger partial charge in [0.1, 0.15) is 5.78 Å². The minimum Gasteiger partial charge on any atom is -0.299 e. The van der Waals surface area contributed by atoms with Gasteiger partial charge in [-0.25, -0.2) is 0 Å². The van der Waals surface area contributed by atoms with Gasteiger partial charge >= 0.3 is 0 Å². The lowest BCUT2D eigenvalue weighted by molar-refractivity contribution is -0.119. The molecule has 1 aliphatic carbocycles. The van der Waals surface area contributed by atoms with Crippen molar-refractivity contribution in [2.75, 3.05) is 0 Å². The molecule has 0 saturated heterocycles. The van der Waals surface area contributed by atoms with E-state index in [-0.39, 0.29) is 0 Å². The number of carbonyl (C=O) groups excluding carboxylic acids is 1. The van der Waals surface area contributed by atoms with Gasteiger partial charge in [0.05, 0.1) is 4.34 Å². The van der Waals surface area contributed by atoms with E-state index in [4.69, 9.17) is 11.6 Å². The number of hydrogen-bond acceptors (Lipinski definition) is 2. The lowest BCUT2D eigenvalue weighted by atomic mass is 9.81. The van der Waals surface area contributed by atoms with E-state index < -0.39 is 0 Å². The summed E-state index contributed by atoms with van der Waals surface area (Å²) < 4.78 is 0.774. The van der Waals surface area contributed by atoms with Crippen LogP contribution in [0.3, 0.4) is 0 Å². The summed E-state index contributed by atoms with van der Waals surface area (Å²) in [6.45, 7) is 0. The smallest absolute Gasteiger partial charge is 0.138 e. The summed E-state index contributed by atoms with van der Waals surface area (Å²) in [5.41, 5.74) is 0. The van der Waals surface area contributed by atoms with Crippen LogP contribution in [-0.2, 0) is 11.2 Å². The largest absolute Gasteiger partial charge is 0.299 e. The second-order valence-electron chi connectivity index (χ2n) is 3.92. The first-order valence-corrected chi connectivity index (χ1v) is 6.19. The summed E-state index contributed by atoms with van der Waals surface area (Å²) in [4.78, 5) is 12.7. The zero-order chi connectivity index (χ0) is 9.97. The van der Waals surface area contributed by atoms with Crippen molar-refractivity contribution in [3.8, 4) is 0 Å². The van der Waals surface area contributed by atoms with Gasteiger partial charge in [-0.05, 0) is 18.1 Å². The molecule has 0 atom stereocenters. The molecule has 0 bridgehead atoms. The normalized spacial score (nSPS) is 16.6. The highest BCUT2D eigenvalue weighted by atomic mass is 35.5. The zero-order valence-electron chi connectivity index (χ0n) is 7.96. The van der Waals surface area contributed by atoms with Crippen molar-refractivity contribution in [3.63, 3.8) is 0 Å². The first-order valence-electron chi connectivity index (χ1n) is 5.00. The molecule has 2 rings (SSSR count). The van der Waals surface area contributed by atoms with Gasteiger partial charge in [-0.1, -0.05) is 30.9 Å². The van der Waals surface area contributed by atoms with Crippen molar-refractivity contribution in [1.29, 1.82) is 0 Å². The van der Waals surface area contributed by atoms with Crippen LogP contribution in [0.2, 0.25) is 4.34 Å². The van der Waals surface area contributed by atoms with Crippen molar-refractivity contribution in [1.82, 2.24) is 0 Å². The van der Waals surface area contributed by atoms with Crippen molar-refractivity contribution in [2.45, 2.75) is 32.1 Å². The Labute approximate surface area is 93.1 Å². The maximum absolute atomic E-state index is 11.6. The summed E-state index contributed by atoms with van der Waals surface area (Å²) in [7, 11) is 0. The number of ketones is 1. The Morgan fingerprint density at radius 1 is 1.50 bits per heavy atom. The van der Waals surface area contributed by atoms with Gasteiger partial charge in [-0.15, -0.1) is 11.3 Å². The fourth-order valence-electron chi connectivity index (χ4n) is 1.73. The predicted octanol–water partition coefficient (Wildman–Crippen LogP) is 3.70. The monoisotopic (exact) mass is 228 g/mol. The number of rotatable bonds is 4. The number of hydrogen-bond donors (Lipinski definition) is 0. The van der Waals surface area contributed by atoms with Crippen LogP contribution in [0.1, 0.15) is 30.6 Å². The van der Waals surface area contributed by atoms with Crippen LogP contribution in [0.25, 0.3) is 0 Å². The number of thiophene rings is 1. The molecule has 0 spiro atoms. The lowest BCUT2D eigenvalue weighted by Gasteiger charge is -2.24. The van der Waals surface area contributed by atoms with Crippen molar-refractivity contribution in [2.24, 2.45) is 5.92 Å². The van der Waals surface area contributed by atoms with Gasteiger partial charge in [0.25, 0.3) is 0 Å². The van der Waals surface area contributed by atoms with E-state index in [0.717, 1.165) is 15.6 Å². The van der Waals surface area contributed by atoms with Crippen LogP contribution < -0.4 is 0 Å². The van der Waals surface area contributed by atoms with Crippen LogP contribution in [-0.4, -0.2) is 5.78 Å². The highest BCUT2D eigenvalue weighted by molar-refractivity contribution is 7.16. The van der Waals surface area contributed by atoms with Gasteiger partial charge in [0.2, 0.25) is 0 Å². The highest BCUT2D eigenvalue weighted by Crippen LogP contribution is 2.30. The van der Waals surface area contributed by atoms with E-state index in [1.807, 2.05) is 12.1 Å². The van der Waals surface area contributed by atoms with Gasteiger partial charge in [0, 0.05) is 17.7 Å². The molecule has 0 aliphatic heterocycles. The molecule has 1 nitrogen and oxygen atoms in total. The summed E-state index contributed by atoms with van der Waals surface area (Å²) in [5, 5.41) is 0. The fraction of sp³-hybridized carbons (Fsp3) is 0.545. The zero-order valence-corrected chi connectivity index (χ0v) is 9.53. The SMILES string of the molecule is O=C(Cc1ccc(Cl)s1)CC1CCC1. The summed E-state index contributed by atoms with van der Waals surface area (Å²) in [5.74, 6) is 1.05. The minimum atomic E-state index is 0.369. The van der Waals surface area contributed by atoms with Crippen molar-refractivity contribution >= 4 is 28.7 Å². The molecular weight excluding hydrogens is 216 g/mol. The average molecular weight is 229 g/mol. The van der Waals surface area contributed by atoms with E-state index in [1.165, 1.54) is 30.6 Å². The molecule has 0 radical (unpaired) electrons. The van der Waals surface area contributed by atoms with Crippen LogP contribution in [0.5, 0.6) is 0 Å². The molecule has 3 heteroatoms. The Bertz CT molecular complexity index is 328. The Morgan fingerprint density at radius 3 is 2.79 bits per heavy atom. The maximum Gasteiger partial charge on any atom is 0.138 e. The molecule has 14 heavy (non-hydrogen) atoms. The van der Waals surface area contributed by atoms with Crippen molar-refractivity contribution < 1.29 is 4.79 Å². The summed E-state index contributed by atoms with van der Waals surface area (Å²) in [6, 6.07) is 3.81. The van der Waals surface area contributed by atoms with E-state index in [2.05, 4.69) is 0 Å². The van der Waals surface area contributed by atoms with E-state index in [1.54, 1.807) is 0 Å². The molecule has 0 amide bonds. The summed E-state index contributed by atoms with van der Waals surface area (Å²) >= 11 is 7.31. The molecule has 1 fully saturated rings. The highest BCUT2D eigenvalue weighted by Gasteiger charge is 2.20. The molecule has 0 unspecified atom stereocenters. The molecular formula is C11H13ClOS. The summed E-state index contributed by atoms with van der Waals surface area (Å²) in [6.07, 6.45) is 5.15. The molecule has 1 aromatic rings. The Hall–Kier alpha value is -0.340. The van der Waals surface area contributed by atoms with Crippen LogP contribution >= 0.6 is 22.9 Å². The molecule has 76 valence electrons. The predicted molar refractivity (Wildman–Crippen MR) is 60.0 cm³/mol. The Kier molecular flexibility index (Phi) is 3.24. The quantitative estimate of drug-likeness (QED) is 0.768. The Balaban J connectivity index is 1.81. The van der Waals surface area contributed by atoms with Crippen LogP contribution in [0.15, 0.2) is 12.1 Å². The number of halogens is 1. The fourth-order valence-corrected chi connectivity index (χ4v) is 2.85. The number of Topliss-reactive ketones (excluding diaryl/α,β-unsaturated/α-hetero) is 1. The third-order valence-electron chi connectivity index (χ3n) is 2.74. The minimum absolute atomic E-state index is 0.369. The molecule has 0 N–H and O–H groups in total. The first kappa shape index (κ1) is 10.2. The van der Waals surface area contributed by atoms with Gasteiger partial charge in [-0.2, -0.15) is 0 Å². The lowest BCUT2D eigenvalue weighted by Crippen LogP contribution is -2.16. The first-order chi connectivity index (χ1) is 6.74. The molecule has 1 aromatic heterocycles. The maximum atomic E-state index is 11.6. The number of carbonyl (C=O) groups is 1. The van der Waals surface area contributed by atoms with Gasteiger partial charge < -0.3 is 0 Å².